The van der Waals surface area contributed by atoms with Crippen LogP contribution < -0.4 is 11.2 Å². The summed E-state index contributed by atoms with van der Waals surface area (Å²) in [5.74, 6) is -0.664. The summed E-state index contributed by atoms with van der Waals surface area (Å²) in [6, 6.07) is 9.45. The fourth-order valence-corrected chi connectivity index (χ4v) is 2.96. The van der Waals surface area contributed by atoms with Gasteiger partial charge in [-0.1, -0.05) is 24.3 Å². The maximum absolute atomic E-state index is 12.8. The Labute approximate surface area is 129 Å². The number of hydrogen-bond donors (Lipinski definition) is 1. The first kappa shape index (κ1) is 13.4. The molecule has 0 saturated heterocycles. The van der Waals surface area contributed by atoms with Crippen LogP contribution in [0.15, 0.2) is 46.0 Å². The molecule has 4 rings (SSSR count). The van der Waals surface area contributed by atoms with Crippen molar-refractivity contribution in [1.29, 1.82) is 0 Å². The number of aromatic nitrogens is 2. The number of carbonyl (C=O) groups excluding carboxylic acids is 2. The number of hydrogen-bond acceptors (Lipinski definition) is 4. The highest BCUT2D eigenvalue weighted by Crippen LogP contribution is 2.30. The Morgan fingerprint density at radius 2 is 1.48 bits per heavy atom. The van der Waals surface area contributed by atoms with Crippen molar-refractivity contribution in [3.63, 3.8) is 0 Å². The highest BCUT2D eigenvalue weighted by molar-refractivity contribution is 6.31. The van der Waals surface area contributed by atoms with E-state index in [9.17, 15) is 19.2 Å². The van der Waals surface area contributed by atoms with E-state index in [2.05, 4.69) is 4.98 Å². The number of carbonyl (C=O) groups is 2. The van der Waals surface area contributed by atoms with Crippen molar-refractivity contribution in [3.8, 4) is 0 Å². The fourth-order valence-electron chi connectivity index (χ4n) is 2.96. The SMILES string of the molecule is Cn1c(=O)[nH]c2c3c(ccc2c1=O)C(=O)c1ccccc1C3=O. The van der Waals surface area contributed by atoms with Gasteiger partial charge < -0.3 is 4.98 Å². The molecule has 0 bridgehead atoms. The van der Waals surface area contributed by atoms with Gasteiger partial charge in [0.15, 0.2) is 11.6 Å². The molecule has 23 heavy (non-hydrogen) atoms. The van der Waals surface area contributed by atoms with Crippen molar-refractivity contribution in [2.75, 3.05) is 0 Å². The summed E-state index contributed by atoms with van der Waals surface area (Å²) in [6.45, 7) is 0. The highest BCUT2D eigenvalue weighted by Gasteiger charge is 2.31. The van der Waals surface area contributed by atoms with Crippen LogP contribution in [0.4, 0.5) is 0 Å². The smallest absolute Gasteiger partial charge is 0.306 e. The third-order valence-electron chi connectivity index (χ3n) is 4.16. The molecule has 0 fully saturated rings. The van der Waals surface area contributed by atoms with Crippen LogP contribution in [0.2, 0.25) is 0 Å². The number of rotatable bonds is 0. The molecule has 1 aromatic heterocycles. The van der Waals surface area contributed by atoms with Gasteiger partial charge >= 0.3 is 5.69 Å². The molecule has 0 aliphatic heterocycles. The van der Waals surface area contributed by atoms with E-state index in [-0.39, 0.29) is 39.2 Å². The third kappa shape index (κ3) is 1.63. The van der Waals surface area contributed by atoms with Gasteiger partial charge in [-0.05, 0) is 12.1 Å². The molecular weight excluding hydrogens is 296 g/mol. The molecule has 1 aliphatic carbocycles. The molecule has 6 heteroatoms. The molecule has 1 heterocycles. The summed E-state index contributed by atoms with van der Waals surface area (Å²) in [5.41, 5.74) is -0.134. The topological polar surface area (TPSA) is 89.0 Å². The standard InChI is InChI=1S/C17H10N2O4/c1-19-16(22)11-7-6-10-12(13(11)18-17(19)23)15(21)9-5-3-2-4-8(9)14(10)20/h2-7H,1H3,(H,18,23). The molecule has 0 atom stereocenters. The second-order valence-electron chi connectivity index (χ2n) is 5.41. The predicted octanol–water partition coefficient (Wildman–Crippen LogP) is 1.00. The predicted molar refractivity (Wildman–Crippen MR) is 83.1 cm³/mol. The Balaban J connectivity index is 2.20. The Bertz CT molecular complexity index is 1150. The van der Waals surface area contributed by atoms with Gasteiger partial charge in [-0.3, -0.25) is 19.0 Å². The molecule has 0 radical (unpaired) electrons. The molecular formula is C17H10N2O4. The number of fused-ring (bicyclic) bond motifs is 4. The first-order valence-corrected chi connectivity index (χ1v) is 6.95. The number of H-pyrrole nitrogens is 1. The number of benzene rings is 2. The molecule has 1 aliphatic rings. The third-order valence-corrected chi connectivity index (χ3v) is 4.16. The van der Waals surface area contributed by atoms with Gasteiger partial charge in [0.2, 0.25) is 0 Å². The number of aromatic amines is 1. The van der Waals surface area contributed by atoms with E-state index >= 15 is 0 Å². The summed E-state index contributed by atoms with van der Waals surface area (Å²) < 4.78 is 0.928. The Morgan fingerprint density at radius 1 is 0.826 bits per heavy atom. The van der Waals surface area contributed by atoms with Gasteiger partial charge in [0.05, 0.1) is 16.5 Å². The Morgan fingerprint density at radius 3 is 2.17 bits per heavy atom. The molecule has 0 unspecified atom stereocenters. The minimum Gasteiger partial charge on any atom is -0.306 e. The van der Waals surface area contributed by atoms with E-state index in [0.717, 1.165) is 4.57 Å². The van der Waals surface area contributed by atoms with Crippen molar-refractivity contribution in [2.45, 2.75) is 0 Å². The van der Waals surface area contributed by atoms with Crippen molar-refractivity contribution in [1.82, 2.24) is 9.55 Å². The minimum atomic E-state index is -0.630. The normalized spacial score (nSPS) is 13.1. The monoisotopic (exact) mass is 306 g/mol. The molecule has 112 valence electrons. The zero-order chi connectivity index (χ0) is 16.3. The van der Waals surface area contributed by atoms with Crippen LogP contribution in [-0.4, -0.2) is 21.1 Å². The van der Waals surface area contributed by atoms with Gasteiger partial charge in [0, 0.05) is 23.7 Å². The van der Waals surface area contributed by atoms with E-state index in [0.29, 0.717) is 5.56 Å². The fraction of sp³-hybridized carbons (Fsp3) is 0.0588. The van der Waals surface area contributed by atoms with E-state index in [1.807, 2.05) is 0 Å². The van der Waals surface area contributed by atoms with Crippen LogP contribution in [0.25, 0.3) is 10.9 Å². The zero-order valence-electron chi connectivity index (χ0n) is 12.0. The largest absolute Gasteiger partial charge is 0.328 e. The molecule has 0 spiro atoms. The van der Waals surface area contributed by atoms with E-state index in [1.165, 1.54) is 19.2 Å². The Hall–Kier alpha value is -3.28. The van der Waals surface area contributed by atoms with Gasteiger partial charge in [-0.15, -0.1) is 0 Å². The Kier molecular flexibility index (Phi) is 2.54. The molecule has 3 aromatic rings. The van der Waals surface area contributed by atoms with Gasteiger partial charge in [-0.25, -0.2) is 4.79 Å². The quantitative estimate of drug-likeness (QED) is 0.525. The van der Waals surface area contributed by atoms with Crippen LogP contribution in [0.5, 0.6) is 0 Å². The molecule has 0 saturated carbocycles. The lowest BCUT2D eigenvalue weighted by molar-refractivity contribution is 0.0980. The maximum Gasteiger partial charge on any atom is 0.328 e. The van der Waals surface area contributed by atoms with Gasteiger partial charge in [0.25, 0.3) is 5.56 Å². The van der Waals surface area contributed by atoms with Gasteiger partial charge in [0.1, 0.15) is 0 Å². The van der Waals surface area contributed by atoms with E-state index in [4.69, 9.17) is 0 Å². The lowest BCUT2D eigenvalue weighted by Crippen LogP contribution is -2.33. The van der Waals surface area contributed by atoms with Gasteiger partial charge in [-0.2, -0.15) is 0 Å². The number of nitrogens with zero attached hydrogens (tertiary/aromatic N) is 1. The van der Waals surface area contributed by atoms with Crippen LogP contribution in [0, 0.1) is 0 Å². The number of ketones is 2. The van der Waals surface area contributed by atoms with Crippen molar-refractivity contribution in [3.05, 3.63) is 79.5 Å². The van der Waals surface area contributed by atoms with Crippen LogP contribution in [0.1, 0.15) is 31.8 Å². The van der Waals surface area contributed by atoms with Crippen LogP contribution in [-0.2, 0) is 7.05 Å². The average molecular weight is 306 g/mol. The van der Waals surface area contributed by atoms with Crippen LogP contribution in [0.3, 0.4) is 0 Å². The zero-order valence-corrected chi connectivity index (χ0v) is 12.0. The molecule has 2 aromatic carbocycles. The summed E-state index contributed by atoms with van der Waals surface area (Å²) in [5, 5.41) is 0.200. The molecule has 6 nitrogen and oxygen atoms in total. The number of nitrogens with one attached hydrogen (secondary N) is 1. The second-order valence-corrected chi connectivity index (χ2v) is 5.41. The summed E-state index contributed by atoms with van der Waals surface area (Å²) in [7, 11) is 1.35. The first-order chi connectivity index (χ1) is 11.0. The van der Waals surface area contributed by atoms with E-state index in [1.54, 1.807) is 24.3 Å². The van der Waals surface area contributed by atoms with Crippen molar-refractivity contribution >= 4 is 22.5 Å². The minimum absolute atomic E-state index is 0.0843. The van der Waals surface area contributed by atoms with E-state index < -0.39 is 11.2 Å². The second kappa shape index (κ2) is 4.36. The highest BCUT2D eigenvalue weighted by atomic mass is 16.2. The summed E-state index contributed by atoms with van der Waals surface area (Å²) >= 11 is 0. The first-order valence-electron chi connectivity index (χ1n) is 6.95. The summed E-state index contributed by atoms with van der Waals surface area (Å²) in [6.07, 6.45) is 0. The molecule has 0 amide bonds. The van der Waals surface area contributed by atoms with Crippen LogP contribution >= 0.6 is 0 Å². The van der Waals surface area contributed by atoms with Crippen molar-refractivity contribution in [2.24, 2.45) is 7.05 Å². The molecule has 1 N–H and O–H groups in total. The maximum atomic E-state index is 12.8. The summed E-state index contributed by atoms with van der Waals surface area (Å²) in [4.78, 5) is 52.0. The lowest BCUT2D eigenvalue weighted by Gasteiger charge is -2.18. The average Bonchev–Trinajstić information content (AvgIpc) is 2.57. The van der Waals surface area contributed by atoms with Crippen molar-refractivity contribution < 1.29 is 9.59 Å². The lowest BCUT2D eigenvalue weighted by atomic mass is 9.83.